The Morgan fingerprint density at radius 3 is 2.43 bits per heavy atom. The zero-order valence-electron chi connectivity index (χ0n) is 8.28. The van der Waals surface area contributed by atoms with Gasteiger partial charge in [0.1, 0.15) is 6.04 Å². The molecule has 0 unspecified atom stereocenters. The molecule has 4 heteroatoms. The summed E-state index contributed by atoms with van der Waals surface area (Å²) in [7, 11) is 1.48. The first-order valence-electron chi connectivity index (χ1n) is 4.29. The second kappa shape index (κ2) is 4.74. The molecule has 0 fully saturated rings. The van der Waals surface area contributed by atoms with Crippen molar-refractivity contribution in [2.24, 2.45) is 0 Å². The van der Waals surface area contributed by atoms with Gasteiger partial charge in [-0.2, -0.15) is 5.48 Å². The van der Waals surface area contributed by atoms with Crippen LogP contribution in [-0.2, 0) is 9.63 Å². The van der Waals surface area contributed by atoms with E-state index in [0.717, 1.165) is 5.56 Å². The summed E-state index contributed by atoms with van der Waals surface area (Å²) < 4.78 is 0. The molecule has 0 spiro atoms. The third-order valence-electron chi connectivity index (χ3n) is 1.91. The van der Waals surface area contributed by atoms with Crippen molar-refractivity contribution < 1.29 is 9.63 Å². The zero-order valence-corrected chi connectivity index (χ0v) is 8.28. The van der Waals surface area contributed by atoms with Gasteiger partial charge in [0.15, 0.2) is 5.78 Å². The number of carbonyl (C=O) groups is 1. The number of rotatable bonds is 4. The molecule has 14 heavy (non-hydrogen) atoms. The van der Waals surface area contributed by atoms with Crippen LogP contribution in [-0.4, -0.2) is 12.9 Å². The molecule has 1 rings (SSSR count). The van der Waals surface area contributed by atoms with Gasteiger partial charge in [-0.25, -0.2) is 0 Å². The summed E-state index contributed by atoms with van der Waals surface area (Å²) >= 11 is 0. The Morgan fingerprint density at radius 2 is 2.00 bits per heavy atom. The number of benzene rings is 1. The molecule has 0 saturated heterocycles. The van der Waals surface area contributed by atoms with Crippen LogP contribution in [0.3, 0.4) is 0 Å². The van der Waals surface area contributed by atoms with Crippen molar-refractivity contribution in [2.75, 3.05) is 12.8 Å². The zero-order chi connectivity index (χ0) is 10.6. The van der Waals surface area contributed by atoms with E-state index in [1.807, 2.05) is 0 Å². The monoisotopic (exact) mass is 194 g/mol. The molecule has 0 aliphatic rings. The maximum atomic E-state index is 11.2. The smallest absolute Gasteiger partial charge is 0.153 e. The standard InChI is InChI=1S/C10H14N2O2/c1-7(13)10(12-14-2)8-3-5-9(11)6-4-8/h3-6,10,12H,11H2,1-2H3/t10-/m1/s1. The molecule has 0 radical (unpaired) electrons. The molecule has 0 aliphatic heterocycles. The average Bonchev–Trinajstić information content (AvgIpc) is 2.15. The van der Waals surface area contributed by atoms with Crippen molar-refractivity contribution in [2.45, 2.75) is 13.0 Å². The van der Waals surface area contributed by atoms with Crippen LogP contribution in [0.5, 0.6) is 0 Å². The van der Waals surface area contributed by atoms with Crippen LogP contribution < -0.4 is 11.2 Å². The van der Waals surface area contributed by atoms with Gasteiger partial charge in [0, 0.05) is 5.69 Å². The first-order valence-corrected chi connectivity index (χ1v) is 4.29. The van der Waals surface area contributed by atoms with Crippen LogP contribution in [0.4, 0.5) is 5.69 Å². The fourth-order valence-corrected chi connectivity index (χ4v) is 1.19. The van der Waals surface area contributed by atoms with Gasteiger partial charge in [-0.05, 0) is 24.6 Å². The quantitative estimate of drug-likeness (QED) is 0.555. The van der Waals surface area contributed by atoms with E-state index < -0.39 is 6.04 Å². The molecular formula is C10H14N2O2. The molecule has 0 saturated carbocycles. The summed E-state index contributed by atoms with van der Waals surface area (Å²) in [5.74, 6) is -0.00313. The van der Waals surface area contributed by atoms with E-state index in [1.54, 1.807) is 24.3 Å². The van der Waals surface area contributed by atoms with Gasteiger partial charge in [0.05, 0.1) is 7.11 Å². The van der Waals surface area contributed by atoms with Crippen molar-refractivity contribution >= 4 is 11.5 Å². The summed E-state index contributed by atoms with van der Waals surface area (Å²) in [5, 5.41) is 0. The fraction of sp³-hybridized carbons (Fsp3) is 0.300. The van der Waals surface area contributed by atoms with Gasteiger partial charge in [-0.1, -0.05) is 12.1 Å². The molecule has 0 aliphatic carbocycles. The van der Waals surface area contributed by atoms with Gasteiger partial charge in [-0.15, -0.1) is 0 Å². The number of nitrogen functional groups attached to an aromatic ring is 1. The lowest BCUT2D eigenvalue weighted by molar-refractivity contribution is -0.122. The predicted octanol–water partition coefficient (Wildman–Crippen LogP) is 1.05. The lowest BCUT2D eigenvalue weighted by atomic mass is 10.0. The molecule has 1 aromatic carbocycles. The first kappa shape index (κ1) is 10.7. The molecule has 0 aromatic heterocycles. The Kier molecular flexibility index (Phi) is 3.62. The highest BCUT2D eigenvalue weighted by atomic mass is 16.6. The number of Topliss-reactive ketones (excluding diaryl/α,β-unsaturated/α-hetero) is 1. The minimum absolute atomic E-state index is 0.00313. The van der Waals surface area contributed by atoms with Crippen LogP contribution in [0.1, 0.15) is 18.5 Å². The number of hydrogen-bond donors (Lipinski definition) is 2. The lowest BCUT2D eigenvalue weighted by Crippen LogP contribution is -2.26. The van der Waals surface area contributed by atoms with Gasteiger partial charge in [0.25, 0.3) is 0 Å². The van der Waals surface area contributed by atoms with E-state index in [4.69, 9.17) is 10.6 Å². The minimum atomic E-state index is -0.430. The number of hydroxylamine groups is 1. The summed E-state index contributed by atoms with van der Waals surface area (Å²) in [4.78, 5) is 16.0. The largest absolute Gasteiger partial charge is 0.399 e. The van der Waals surface area contributed by atoms with E-state index in [0.29, 0.717) is 5.69 Å². The van der Waals surface area contributed by atoms with E-state index in [2.05, 4.69) is 5.48 Å². The normalized spacial score (nSPS) is 12.4. The Hall–Kier alpha value is -1.39. The molecular weight excluding hydrogens is 180 g/mol. The number of nitrogens with two attached hydrogens (primary N) is 1. The van der Waals surface area contributed by atoms with Gasteiger partial charge in [-0.3, -0.25) is 4.79 Å². The number of carbonyl (C=O) groups excluding carboxylic acids is 1. The van der Waals surface area contributed by atoms with Crippen LogP contribution in [0.25, 0.3) is 0 Å². The Morgan fingerprint density at radius 1 is 1.43 bits per heavy atom. The Labute approximate surface area is 83.0 Å². The molecule has 1 atom stereocenters. The minimum Gasteiger partial charge on any atom is -0.399 e. The molecule has 1 aromatic rings. The van der Waals surface area contributed by atoms with E-state index >= 15 is 0 Å². The van der Waals surface area contributed by atoms with E-state index in [1.165, 1.54) is 14.0 Å². The maximum absolute atomic E-state index is 11.2. The third-order valence-corrected chi connectivity index (χ3v) is 1.91. The van der Waals surface area contributed by atoms with Crippen molar-refractivity contribution in [3.8, 4) is 0 Å². The van der Waals surface area contributed by atoms with Crippen molar-refractivity contribution in [1.29, 1.82) is 0 Å². The first-order chi connectivity index (χ1) is 6.65. The summed E-state index contributed by atoms with van der Waals surface area (Å²) in [5.41, 5.74) is 9.68. The molecule has 0 bridgehead atoms. The number of anilines is 1. The maximum Gasteiger partial charge on any atom is 0.153 e. The number of hydrogen-bond acceptors (Lipinski definition) is 4. The molecule has 4 nitrogen and oxygen atoms in total. The predicted molar refractivity (Wildman–Crippen MR) is 54.4 cm³/mol. The van der Waals surface area contributed by atoms with Crippen LogP contribution in [0, 0.1) is 0 Å². The van der Waals surface area contributed by atoms with Gasteiger partial charge >= 0.3 is 0 Å². The summed E-state index contributed by atoms with van der Waals surface area (Å²) in [6.07, 6.45) is 0. The second-order valence-electron chi connectivity index (χ2n) is 3.03. The fourth-order valence-electron chi connectivity index (χ4n) is 1.19. The Bertz CT molecular complexity index is 308. The highest BCUT2D eigenvalue weighted by Gasteiger charge is 2.15. The lowest BCUT2D eigenvalue weighted by Gasteiger charge is -2.14. The molecule has 0 heterocycles. The van der Waals surface area contributed by atoms with Crippen molar-refractivity contribution in [1.82, 2.24) is 5.48 Å². The number of nitrogens with one attached hydrogen (secondary N) is 1. The second-order valence-corrected chi connectivity index (χ2v) is 3.03. The van der Waals surface area contributed by atoms with Crippen molar-refractivity contribution in [3.05, 3.63) is 29.8 Å². The highest BCUT2D eigenvalue weighted by molar-refractivity contribution is 5.82. The third kappa shape index (κ3) is 2.55. The Balaban J connectivity index is 2.87. The average molecular weight is 194 g/mol. The van der Waals surface area contributed by atoms with Crippen LogP contribution in [0.15, 0.2) is 24.3 Å². The summed E-state index contributed by atoms with van der Waals surface area (Å²) in [6.45, 7) is 1.51. The van der Waals surface area contributed by atoms with Gasteiger partial charge in [0.2, 0.25) is 0 Å². The van der Waals surface area contributed by atoms with E-state index in [-0.39, 0.29) is 5.78 Å². The van der Waals surface area contributed by atoms with E-state index in [9.17, 15) is 4.79 Å². The highest BCUT2D eigenvalue weighted by Crippen LogP contribution is 2.15. The van der Waals surface area contributed by atoms with Crippen LogP contribution in [0.2, 0.25) is 0 Å². The molecule has 0 amide bonds. The van der Waals surface area contributed by atoms with Crippen LogP contribution >= 0.6 is 0 Å². The van der Waals surface area contributed by atoms with Crippen molar-refractivity contribution in [3.63, 3.8) is 0 Å². The summed E-state index contributed by atoms with van der Waals surface area (Å²) in [6, 6.07) is 6.67. The number of ketones is 1. The topological polar surface area (TPSA) is 64.3 Å². The SMILES string of the molecule is CON[C@H](C(C)=O)c1ccc(N)cc1. The molecule has 76 valence electrons. The molecule has 3 N–H and O–H groups in total. The van der Waals surface area contributed by atoms with Gasteiger partial charge < -0.3 is 10.6 Å².